The zero-order valence-corrected chi connectivity index (χ0v) is 12.4. The number of hydrogen-bond acceptors (Lipinski definition) is 2. The van der Waals surface area contributed by atoms with E-state index in [9.17, 15) is 4.79 Å². The molecule has 0 aliphatic heterocycles. The number of hydrogen-bond donors (Lipinski definition) is 0. The molecule has 1 atom stereocenters. The van der Waals surface area contributed by atoms with Gasteiger partial charge in [-0.3, -0.25) is 4.79 Å². The van der Waals surface area contributed by atoms with Gasteiger partial charge in [-0.15, -0.1) is 0 Å². The van der Waals surface area contributed by atoms with E-state index in [0.717, 1.165) is 11.1 Å². The van der Waals surface area contributed by atoms with E-state index in [4.69, 9.17) is 16.3 Å². The molecule has 0 saturated heterocycles. The Bertz CT molecular complexity index is 593. The summed E-state index contributed by atoms with van der Waals surface area (Å²) in [5.41, 5.74) is 1.85. The predicted octanol–water partition coefficient (Wildman–Crippen LogP) is 4.26. The van der Waals surface area contributed by atoms with Crippen molar-refractivity contribution in [3.05, 3.63) is 64.7 Å². The Morgan fingerprint density at radius 1 is 1.20 bits per heavy atom. The first-order valence-corrected chi connectivity index (χ1v) is 6.89. The summed E-state index contributed by atoms with van der Waals surface area (Å²) in [6, 6.07) is 15.1. The lowest BCUT2D eigenvalue weighted by Gasteiger charge is -2.13. The molecular weight excluding hydrogens is 272 g/mol. The van der Waals surface area contributed by atoms with Gasteiger partial charge >= 0.3 is 0 Å². The van der Waals surface area contributed by atoms with Gasteiger partial charge < -0.3 is 4.74 Å². The monoisotopic (exact) mass is 288 g/mol. The van der Waals surface area contributed by atoms with Gasteiger partial charge in [-0.2, -0.15) is 0 Å². The molecule has 1 unspecified atom stereocenters. The van der Waals surface area contributed by atoms with Gasteiger partial charge in [0, 0.05) is 22.9 Å². The molecule has 0 bridgehead atoms. The van der Waals surface area contributed by atoms with Crippen LogP contribution in [0.15, 0.2) is 48.5 Å². The summed E-state index contributed by atoms with van der Waals surface area (Å²) in [6.07, 6.45) is 0.319. The smallest absolute Gasteiger partial charge is 0.144 e. The molecule has 0 amide bonds. The van der Waals surface area contributed by atoms with Crippen molar-refractivity contribution in [2.45, 2.75) is 19.3 Å². The van der Waals surface area contributed by atoms with E-state index in [1.54, 1.807) is 25.3 Å². The zero-order valence-electron chi connectivity index (χ0n) is 11.6. The summed E-state index contributed by atoms with van der Waals surface area (Å²) < 4.78 is 5.28. The molecule has 0 N–H and O–H groups in total. The van der Waals surface area contributed by atoms with Crippen LogP contribution in [0.25, 0.3) is 0 Å². The minimum absolute atomic E-state index is 0.139. The molecule has 0 fully saturated rings. The van der Waals surface area contributed by atoms with E-state index in [2.05, 4.69) is 0 Å². The van der Waals surface area contributed by atoms with Crippen LogP contribution in [0.1, 0.15) is 24.0 Å². The van der Waals surface area contributed by atoms with Crippen molar-refractivity contribution in [1.82, 2.24) is 0 Å². The summed E-state index contributed by atoms with van der Waals surface area (Å²) in [6.45, 7) is 1.93. The number of rotatable bonds is 5. The van der Waals surface area contributed by atoms with Crippen LogP contribution in [-0.4, -0.2) is 12.9 Å². The third-order valence-corrected chi connectivity index (χ3v) is 3.62. The third kappa shape index (κ3) is 3.40. The predicted molar refractivity (Wildman–Crippen MR) is 81.6 cm³/mol. The van der Waals surface area contributed by atoms with Crippen LogP contribution in [0.4, 0.5) is 0 Å². The molecule has 2 nitrogen and oxygen atoms in total. The van der Waals surface area contributed by atoms with Crippen molar-refractivity contribution < 1.29 is 9.53 Å². The van der Waals surface area contributed by atoms with Gasteiger partial charge in [-0.05, 0) is 23.8 Å². The molecule has 0 aliphatic rings. The highest BCUT2D eigenvalue weighted by molar-refractivity contribution is 6.30. The Morgan fingerprint density at radius 3 is 2.55 bits per heavy atom. The lowest BCUT2D eigenvalue weighted by atomic mass is 9.92. The van der Waals surface area contributed by atoms with Crippen molar-refractivity contribution in [2.75, 3.05) is 7.11 Å². The molecule has 20 heavy (non-hydrogen) atoms. The first-order chi connectivity index (χ1) is 9.61. The number of ketones is 1. The number of ether oxygens (including phenoxy) is 1. The van der Waals surface area contributed by atoms with Crippen molar-refractivity contribution in [2.24, 2.45) is 0 Å². The Balaban J connectivity index is 2.18. The standard InChI is InChI=1S/C17H17ClO2/c1-12(13-6-4-3-5-7-13)16(19)11-14-10-15(18)8-9-17(14)20-2/h3-10,12H,11H2,1-2H3. The Labute approximate surface area is 124 Å². The van der Waals surface area contributed by atoms with E-state index < -0.39 is 0 Å². The molecular formula is C17H17ClO2. The van der Waals surface area contributed by atoms with E-state index >= 15 is 0 Å². The maximum atomic E-state index is 12.4. The lowest BCUT2D eigenvalue weighted by Crippen LogP contribution is -2.12. The molecule has 2 rings (SSSR count). The third-order valence-electron chi connectivity index (χ3n) is 3.39. The van der Waals surface area contributed by atoms with Gasteiger partial charge in [-0.25, -0.2) is 0 Å². The summed E-state index contributed by atoms with van der Waals surface area (Å²) in [4.78, 5) is 12.4. The quantitative estimate of drug-likeness (QED) is 0.821. The maximum absolute atomic E-state index is 12.4. The van der Waals surface area contributed by atoms with E-state index in [-0.39, 0.29) is 11.7 Å². The van der Waals surface area contributed by atoms with Gasteiger partial charge in [0.15, 0.2) is 0 Å². The number of carbonyl (C=O) groups is 1. The van der Waals surface area contributed by atoms with Gasteiger partial charge in [-0.1, -0.05) is 48.9 Å². The minimum atomic E-state index is -0.139. The average Bonchev–Trinajstić information content (AvgIpc) is 2.47. The number of carbonyl (C=O) groups excluding carboxylic acids is 1. The normalized spacial score (nSPS) is 11.9. The minimum Gasteiger partial charge on any atom is -0.496 e. The molecule has 3 heteroatoms. The van der Waals surface area contributed by atoms with E-state index in [0.29, 0.717) is 17.2 Å². The second-order valence-corrected chi connectivity index (χ2v) is 5.17. The van der Waals surface area contributed by atoms with Crippen LogP contribution < -0.4 is 4.74 Å². The molecule has 0 heterocycles. The summed E-state index contributed by atoms with van der Waals surface area (Å²) >= 11 is 5.99. The molecule has 0 radical (unpaired) electrons. The highest BCUT2D eigenvalue weighted by atomic mass is 35.5. The van der Waals surface area contributed by atoms with Crippen molar-refractivity contribution >= 4 is 17.4 Å². The lowest BCUT2D eigenvalue weighted by molar-refractivity contribution is -0.119. The average molecular weight is 289 g/mol. The number of Topliss-reactive ketones (excluding diaryl/α,β-unsaturated/α-hetero) is 1. The molecule has 0 spiro atoms. The molecule has 0 saturated carbocycles. The highest BCUT2D eigenvalue weighted by Gasteiger charge is 2.17. The molecule has 0 aliphatic carbocycles. The van der Waals surface area contributed by atoms with Crippen LogP contribution in [0.3, 0.4) is 0 Å². The highest BCUT2D eigenvalue weighted by Crippen LogP contribution is 2.26. The van der Waals surface area contributed by atoms with E-state index in [1.165, 1.54) is 0 Å². The first-order valence-electron chi connectivity index (χ1n) is 6.52. The first kappa shape index (κ1) is 14.6. The second kappa shape index (κ2) is 6.58. The van der Waals surface area contributed by atoms with Gasteiger partial charge in [0.05, 0.1) is 7.11 Å². The molecule has 2 aromatic carbocycles. The summed E-state index contributed by atoms with van der Waals surface area (Å²) in [5.74, 6) is 0.708. The van der Waals surface area contributed by atoms with Crippen LogP contribution in [0.5, 0.6) is 5.75 Å². The Morgan fingerprint density at radius 2 is 1.90 bits per heavy atom. The number of halogens is 1. The van der Waals surface area contributed by atoms with Crippen molar-refractivity contribution in [3.63, 3.8) is 0 Å². The SMILES string of the molecule is COc1ccc(Cl)cc1CC(=O)C(C)c1ccccc1. The molecule has 2 aromatic rings. The fraction of sp³-hybridized carbons (Fsp3) is 0.235. The zero-order chi connectivity index (χ0) is 14.5. The van der Waals surface area contributed by atoms with Gasteiger partial charge in [0.1, 0.15) is 11.5 Å². The van der Waals surface area contributed by atoms with E-state index in [1.807, 2.05) is 37.3 Å². The largest absolute Gasteiger partial charge is 0.496 e. The Kier molecular flexibility index (Phi) is 4.80. The van der Waals surface area contributed by atoms with Crippen LogP contribution >= 0.6 is 11.6 Å². The fourth-order valence-electron chi connectivity index (χ4n) is 2.15. The summed E-state index contributed by atoms with van der Waals surface area (Å²) in [7, 11) is 1.60. The van der Waals surface area contributed by atoms with Crippen molar-refractivity contribution in [1.29, 1.82) is 0 Å². The van der Waals surface area contributed by atoms with Crippen LogP contribution in [0.2, 0.25) is 5.02 Å². The molecule has 104 valence electrons. The topological polar surface area (TPSA) is 26.3 Å². The number of benzene rings is 2. The van der Waals surface area contributed by atoms with Crippen LogP contribution in [0, 0.1) is 0 Å². The summed E-state index contributed by atoms with van der Waals surface area (Å²) in [5, 5.41) is 0.612. The van der Waals surface area contributed by atoms with Crippen molar-refractivity contribution in [3.8, 4) is 5.75 Å². The molecule has 0 aromatic heterocycles. The fourth-order valence-corrected chi connectivity index (χ4v) is 2.35. The van der Waals surface area contributed by atoms with Gasteiger partial charge in [0.25, 0.3) is 0 Å². The number of methoxy groups -OCH3 is 1. The van der Waals surface area contributed by atoms with Crippen LogP contribution in [-0.2, 0) is 11.2 Å². The van der Waals surface area contributed by atoms with Gasteiger partial charge in [0.2, 0.25) is 0 Å². The Hall–Kier alpha value is -1.80. The second-order valence-electron chi connectivity index (χ2n) is 4.73. The maximum Gasteiger partial charge on any atom is 0.144 e.